The lowest BCUT2D eigenvalue weighted by atomic mass is 9.89. The zero-order valence-electron chi connectivity index (χ0n) is 20.3. The number of benzene rings is 2. The van der Waals surface area contributed by atoms with E-state index in [4.69, 9.17) is 0 Å². The summed E-state index contributed by atoms with van der Waals surface area (Å²) >= 11 is 0. The van der Waals surface area contributed by atoms with Crippen LogP contribution in [0.15, 0.2) is 48.5 Å². The molecule has 34 heavy (non-hydrogen) atoms. The van der Waals surface area contributed by atoms with Gasteiger partial charge in [-0.2, -0.15) is 0 Å². The molecular formula is C27H38N2O5. The van der Waals surface area contributed by atoms with Gasteiger partial charge in [0.05, 0.1) is 24.6 Å². The first-order chi connectivity index (χ1) is 16.2. The number of carboxylic acids is 1. The summed E-state index contributed by atoms with van der Waals surface area (Å²) in [7, 11) is 0. The molecule has 0 saturated carbocycles. The number of aryl methyl sites for hydroxylation is 2. The Labute approximate surface area is 202 Å². The van der Waals surface area contributed by atoms with E-state index in [9.17, 15) is 24.9 Å². The van der Waals surface area contributed by atoms with Crippen LogP contribution in [0.5, 0.6) is 5.75 Å². The molecule has 2 aromatic rings. The number of nitrogens with one attached hydrogen (secondary N) is 2. The molecule has 0 heterocycles. The van der Waals surface area contributed by atoms with Crippen LogP contribution >= 0.6 is 0 Å². The van der Waals surface area contributed by atoms with Crippen molar-refractivity contribution >= 4 is 11.9 Å². The highest BCUT2D eigenvalue weighted by Crippen LogP contribution is 2.25. The highest BCUT2D eigenvalue weighted by Gasteiger charge is 2.26. The second kappa shape index (κ2) is 13.7. The topological polar surface area (TPSA) is 119 Å². The third-order valence-electron chi connectivity index (χ3n) is 6.24. The molecule has 0 bridgehead atoms. The molecule has 186 valence electrons. The van der Waals surface area contributed by atoms with Crippen molar-refractivity contribution in [3.63, 3.8) is 0 Å². The van der Waals surface area contributed by atoms with Crippen LogP contribution in [-0.2, 0) is 16.0 Å². The van der Waals surface area contributed by atoms with Gasteiger partial charge in [-0.05, 0) is 74.8 Å². The van der Waals surface area contributed by atoms with Crippen molar-refractivity contribution in [1.82, 2.24) is 10.6 Å². The van der Waals surface area contributed by atoms with Crippen LogP contribution in [-0.4, -0.2) is 51.9 Å². The zero-order valence-corrected chi connectivity index (χ0v) is 20.3. The van der Waals surface area contributed by atoms with Crippen LogP contribution < -0.4 is 10.6 Å². The van der Waals surface area contributed by atoms with Crippen molar-refractivity contribution in [2.24, 2.45) is 0 Å². The lowest BCUT2D eigenvalue weighted by Gasteiger charge is -2.26. The molecule has 0 aliphatic heterocycles. The van der Waals surface area contributed by atoms with E-state index in [1.165, 1.54) is 0 Å². The summed E-state index contributed by atoms with van der Waals surface area (Å²) in [6.45, 7) is 6.08. The summed E-state index contributed by atoms with van der Waals surface area (Å²) in [6, 6.07) is 14.1. The lowest BCUT2D eigenvalue weighted by molar-refractivity contribution is -0.140. The summed E-state index contributed by atoms with van der Waals surface area (Å²) in [5, 5.41) is 35.6. The lowest BCUT2D eigenvalue weighted by Crippen LogP contribution is -2.51. The molecule has 0 aliphatic rings. The second-order valence-electron chi connectivity index (χ2n) is 8.95. The van der Waals surface area contributed by atoms with Gasteiger partial charge in [-0.15, -0.1) is 0 Å². The fourth-order valence-corrected chi connectivity index (χ4v) is 3.99. The first-order valence-corrected chi connectivity index (χ1v) is 12.0. The number of carbonyl (C=O) groups is 2. The number of hydrogen-bond donors (Lipinski definition) is 5. The van der Waals surface area contributed by atoms with Crippen molar-refractivity contribution in [2.75, 3.05) is 6.54 Å². The molecule has 0 aromatic heterocycles. The molecule has 7 nitrogen and oxygen atoms in total. The summed E-state index contributed by atoms with van der Waals surface area (Å²) < 4.78 is 0. The molecule has 2 rings (SSSR count). The molecule has 1 amide bonds. The number of hydrogen-bond acceptors (Lipinski definition) is 5. The van der Waals surface area contributed by atoms with Gasteiger partial charge in [0.15, 0.2) is 0 Å². The van der Waals surface area contributed by atoms with Crippen LogP contribution in [0.4, 0.5) is 0 Å². The van der Waals surface area contributed by atoms with E-state index in [1.807, 2.05) is 49.4 Å². The Morgan fingerprint density at radius 3 is 2.41 bits per heavy atom. The van der Waals surface area contributed by atoms with Gasteiger partial charge in [0, 0.05) is 0 Å². The van der Waals surface area contributed by atoms with Gasteiger partial charge in [0.2, 0.25) is 5.91 Å². The SMILES string of the molecule is CCC(CC(O)C(C)NC(=O)[C@H](CC(=O)O)NCCCc1ccc(C)c(O)c1)c1ccccc1. The Kier molecular flexibility index (Phi) is 11.0. The number of phenolic OH excluding ortho intramolecular Hbond substituents is 1. The summed E-state index contributed by atoms with van der Waals surface area (Å²) in [6.07, 6.45) is 1.64. The molecule has 0 fully saturated rings. The fourth-order valence-electron chi connectivity index (χ4n) is 3.99. The quantitative estimate of drug-likeness (QED) is 0.270. The van der Waals surface area contributed by atoms with Gasteiger partial charge < -0.3 is 26.0 Å². The average Bonchev–Trinajstić information content (AvgIpc) is 2.81. The van der Waals surface area contributed by atoms with E-state index in [1.54, 1.807) is 13.0 Å². The van der Waals surface area contributed by atoms with Gasteiger partial charge in [-0.3, -0.25) is 9.59 Å². The van der Waals surface area contributed by atoms with Crippen LogP contribution in [0.1, 0.15) is 62.1 Å². The molecular weight excluding hydrogens is 432 g/mol. The number of aliphatic hydroxyl groups excluding tert-OH is 1. The normalized spacial score (nSPS) is 14.7. The minimum Gasteiger partial charge on any atom is -0.508 e. The number of aliphatic hydroxyl groups is 1. The maximum atomic E-state index is 12.8. The second-order valence-corrected chi connectivity index (χ2v) is 8.95. The number of carboxylic acid groups (broad SMARTS) is 1. The predicted octanol–water partition coefficient (Wildman–Crippen LogP) is 3.52. The minimum absolute atomic E-state index is 0.171. The Bertz CT molecular complexity index is 918. The molecule has 5 N–H and O–H groups in total. The first kappa shape index (κ1) is 27.3. The van der Waals surface area contributed by atoms with Crippen LogP contribution in [0.2, 0.25) is 0 Å². The van der Waals surface area contributed by atoms with Gasteiger partial charge in [-0.25, -0.2) is 0 Å². The number of carbonyl (C=O) groups excluding carboxylic acids is 1. The highest BCUT2D eigenvalue weighted by atomic mass is 16.4. The van der Waals surface area contributed by atoms with E-state index in [2.05, 4.69) is 17.6 Å². The fraction of sp³-hybridized carbons (Fsp3) is 0.481. The molecule has 0 radical (unpaired) electrons. The Balaban J connectivity index is 1.87. The predicted molar refractivity (Wildman–Crippen MR) is 133 cm³/mol. The third-order valence-corrected chi connectivity index (χ3v) is 6.24. The standard InChI is InChI=1S/C27H38N2O5/c1-4-21(22-10-6-5-7-11-22)16-25(31)19(3)29-27(34)23(17-26(32)33)28-14-8-9-20-13-12-18(2)24(30)15-20/h5-7,10-13,15,19,21,23,25,28,30-31H,4,8-9,14,16-17H2,1-3H3,(H,29,34)(H,32,33)/t19?,21?,23-,25?/m0/s1. The monoisotopic (exact) mass is 470 g/mol. The van der Waals surface area contributed by atoms with E-state index < -0.39 is 30.1 Å². The number of aromatic hydroxyl groups is 1. The summed E-state index contributed by atoms with van der Waals surface area (Å²) in [5.74, 6) is -1.09. The van der Waals surface area contributed by atoms with E-state index in [0.717, 1.165) is 23.1 Å². The van der Waals surface area contributed by atoms with Crippen molar-refractivity contribution < 1.29 is 24.9 Å². The maximum Gasteiger partial charge on any atom is 0.305 e. The van der Waals surface area contributed by atoms with Crippen molar-refractivity contribution in [2.45, 2.75) is 77.0 Å². The molecule has 4 atom stereocenters. The van der Waals surface area contributed by atoms with Gasteiger partial charge in [0.25, 0.3) is 0 Å². The van der Waals surface area contributed by atoms with Crippen molar-refractivity contribution in [3.05, 3.63) is 65.2 Å². The van der Waals surface area contributed by atoms with Crippen molar-refractivity contribution in [1.29, 1.82) is 0 Å². The number of amides is 1. The summed E-state index contributed by atoms with van der Waals surface area (Å²) in [4.78, 5) is 24.1. The van der Waals surface area contributed by atoms with Gasteiger partial charge in [0.1, 0.15) is 5.75 Å². The molecule has 2 aromatic carbocycles. The minimum atomic E-state index is -1.07. The van der Waals surface area contributed by atoms with E-state index >= 15 is 0 Å². The van der Waals surface area contributed by atoms with Crippen LogP contribution in [0.3, 0.4) is 0 Å². The number of aliphatic carboxylic acids is 1. The van der Waals surface area contributed by atoms with E-state index in [0.29, 0.717) is 25.8 Å². The smallest absolute Gasteiger partial charge is 0.305 e. The highest BCUT2D eigenvalue weighted by molar-refractivity contribution is 5.86. The Hall–Kier alpha value is -2.90. The van der Waals surface area contributed by atoms with E-state index in [-0.39, 0.29) is 18.1 Å². The number of phenols is 1. The Morgan fingerprint density at radius 1 is 1.09 bits per heavy atom. The van der Waals surface area contributed by atoms with Crippen LogP contribution in [0.25, 0.3) is 0 Å². The maximum absolute atomic E-state index is 12.8. The summed E-state index contributed by atoms with van der Waals surface area (Å²) in [5.41, 5.74) is 2.94. The first-order valence-electron chi connectivity index (χ1n) is 12.0. The molecule has 7 heteroatoms. The van der Waals surface area contributed by atoms with Gasteiger partial charge in [-0.1, -0.05) is 49.4 Å². The largest absolute Gasteiger partial charge is 0.508 e. The van der Waals surface area contributed by atoms with Crippen LogP contribution in [0, 0.1) is 6.92 Å². The van der Waals surface area contributed by atoms with Gasteiger partial charge >= 0.3 is 5.97 Å². The number of rotatable bonds is 14. The van der Waals surface area contributed by atoms with Crippen molar-refractivity contribution in [3.8, 4) is 5.75 Å². The molecule has 3 unspecified atom stereocenters. The Morgan fingerprint density at radius 2 is 1.79 bits per heavy atom. The average molecular weight is 471 g/mol. The molecule has 0 saturated heterocycles. The molecule has 0 aliphatic carbocycles. The molecule has 0 spiro atoms. The zero-order chi connectivity index (χ0) is 25.1. The third kappa shape index (κ3) is 8.80.